The Morgan fingerprint density at radius 3 is 3.00 bits per heavy atom. The van der Waals surface area contributed by atoms with E-state index in [0.29, 0.717) is 11.5 Å². The van der Waals surface area contributed by atoms with Crippen molar-refractivity contribution in [2.24, 2.45) is 0 Å². The first-order valence-electron chi connectivity index (χ1n) is 3.90. The van der Waals surface area contributed by atoms with Crippen LogP contribution in [0.1, 0.15) is 12.8 Å². The van der Waals surface area contributed by atoms with Gasteiger partial charge in [0, 0.05) is 4.48 Å². The first-order chi connectivity index (χ1) is 6.15. The molecule has 1 nitrogen and oxygen atoms in total. The van der Waals surface area contributed by atoms with E-state index in [1.807, 2.05) is 6.08 Å². The number of hydrogen-bond acceptors (Lipinski definition) is 1. The van der Waals surface area contributed by atoms with Gasteiger partial charge < -0.3 is 5.11 Å². The summed E-state index contributed by atoms with van der Waals surface area (Å²) in [6.07, 6.45) is 6.78. The Hall–Kier alpha value is -0.470. The Balaban J connectivity index is 3.01. The van der Waals surface area contributed by atoms with Gasteiger partial charge in [-0.25, -0.2) is 0 Å². The molecule has 0 heterocycles. The molecule has 0 atom stereocenters. The van der Waals surface area contributed by atoms with Gasteiger partial charge in [0.25, 0.3) is 0 Å². The SMILES string of the molecule is C=CCC1=CCC(Br)=CC(Cl)=C1O. The molecule has 0 amide bonds. The van der Waals surface area contributed by atoms with Gasteiger partial charge in [-0.1, -0.05) is 39.7 Å². The Morgan fingerprint density at radius 1 is 1.69 bits per heavy atom. The lowest BCUT2D eigenvalue weighted by Gasteiger charge is -2.02. The fourth-order valence-electron chi connectivity index (χ4n) is 1.07. The zero-order chi connectivity index (χ0) is 9.84. The highest BCUT2D eigenvalue weighted by atomic mass is 79.9. The van der Waals surface area contributed by atoms with Crippen molar-refractivity contribution in [1.29, 1.82) is 0 Å². The van der Waals surface area contributed by atoms with Gasteiger partial charge in [-0.3, -0.25) is 0 Å². The Morgan fingerprint density at radius 2 is 2.38 bits per heavy atom. The predicted octanol–water partition coefficient (Wildman–Crippen LogP) is 4.18. The Labute approximate surface area is 91.2 Å². The first kappa shape index (κ1) is 10.6. The highest BCUT2D eigenvalue weighted by Crippen LogP contribution is 2.28. The van der Waals surface area contributed by atoms with Crippen LogP contribution in [0.4, 0.5) is 0 Å². The smallest absolute Gasteiger partial charge is 0.137 e. The molecule has 1 aliphatic carbocycles. The monoisotopic (exact) mass is 260 g/mol. The molecule has 0 fully saturated rings. The molecule has 0 bridgehead atoms. The number of allylic oxidation sites excluding steroid dienone is 6. The molecule has 0 saturated carbocycles. The summed E-state index contributed by atoms with van der Waals surface area (Å²) in [7, 11) is 0. The van der Waals surface area contributed by atoms with Crippen molar-refractivity contribution in [2.45, 2.75) is 12.8 Å². The van der Waals surface area contributed by atoms with Crippen molar-refractivity contribution < 1.29 is 5.11 Å². The Bertz CT molecular complexity index is 313. The lowest BCUT2D eigenvalue weighted by atomic mass is 10.1. The van der Waals surface area contributed by atoms with Crippen LogP contribution < -0.4 is 0 Å². The van der Waals surface area contributed by atoms with Crippen LogP contribution in [-0.2, 0) is 0 Å². The van der Waals surface area contributed by atoms with E-state index in [2.05, 4.69) is 22.5 Å². The number of halogens is 2. The average molecular weight is 262 g/mol. The third-order valence-corrected chi connectivity index (χ3v) is 2.56. The van der Waals surface area contributed by atoms with Crippen molar-refractivity contribution in [3.63, 3.8) is 0 Å². The molecule has 3 heteroatoms. The summed E-state index contributed by atoms with van der Waals surface area (Å²) in [6.45, 7) is 3.62. The van der Waals surface area contributed by atoms with Crippen molar-refractivity contribution in [3.05, 3.63) is 45.7 Å². The molecule has 13 heavy (non-hydrogen) atoms. The van der Waals surface area contributed by atoms with Crippen molar-refractivity contribution >= 4 is 27.5 Å². The van der Waals surface area contributed by atoms with E-state index in [1.54, 1.807) is 12.2 Å². The van der Waals surface area contributed by atoms with Crippen LogP contribution in [0.25, 0.3) is 0 Å². The van der Waals surface area contributed by atoms with Gasteiger partial charge in [-0.2, -0.15) is 0 Å². The number of hydrogen-bond donors (Lipinski definition) is 1. The fraction of sp³-hybridized carbons (Fsp3) is 0.200. The summed E-state index contributed by atoms with van der Waals surface area (Å²) in [5, 5.41) is 10.0. The highest BCUT2D eigenvalue weighted by Gasteiger charge is 2.10. The largest absolute Gasteiger partial charge is 0.506 e. The molecule has 0 saturated heterocycles. The molecule has 0 radical (unpaired) electrons. The number of rotatable bonds is 2. The van der Waals surface area contributed by atoms with Crippen LogP contribution in [0, 0.1) is 0 Å². The van der Waals surface area contributed by atoms with Gasteiger partial charge in [0.2, 0.25) is 0 Å². The van der Waals surface area contributed by atoms with E-state index >= 15 is 0 Å². The lowest BCUT2D eigenvalue weighted by molar-refractivity contribution is 0.419. The molecular weight excluding hydrogens is 251 g/mol. The quantitative estimate of drug-likeness (QED) is 0.739. The van der Waals surface area contributed by atoms with Gasteiger partial charge in [-0.05, 0) is 24.5 Å². The molecule has 0 unspecified atom stereocenters. The zero-order valence-corrected chi connectivity index (χ0v) is 9.40. The topological polar surface area (TPSA) is 20.2 Å². The second-order valence-corrected chi connectivity index (χ2v) is 4.14. The summed E-state index contributed by atoms with van der Waals surface area (Å²) in [6, 6.07) is 0. The summed E-state index contributed by atoms with van der Waals surface area (Å²) in [5.41, 5.74) is 0.825. The van der Waals surface area contributed by atoms with E-state index in [1.165, 1.54) is 0 Å². The van der Waals surface area contributed by atoms with E-state index in [0.717, 1.165) is 16.5 Å². The second-order valence-electron chi connectivity index (χ2n) is 2.71. The van der Waals surface area contributed by atoms with Crippen LogP contribution in [0.3, 0.4) is 0 Å². The van der Waals surface area contributed by atoms with Crippen molar-refractivity contribution in [3.8, 4) is 0 Å². The van der Waals surface area contributed by atoms with Crippen LogP contribution in [0.5, 0.6) is 0 Å². The summed E-state index contributed by atoms with van der Waals surface area (Å²) in [5.74, 6) is 0.149. The molecule has 1 aliphatic rings. The molecule has 0 spiro atoms. The molecule has 70 valence electrons. The fourth-order valence-corrected chi connectivity index (χ4v) is 1.85. The van der Waals surface area contributed by atoms with Crippen LogP contribution in [-0.4, -0.2) is 5.11 Å². The molecular formula is C10H10BrClO. The summed E-state index contributed by atoms with van der Waals surface area (Å²) < 4.78 is 0.961. The van der Waals surface area contributed by atoms with Gasteiger partial charge in [0.15, 0.2) is 0 Å². The lowest BCUT2D eigenvalue weighted by Crippen LogP contribution is -1.88. The molecule has 0 aromatic rings. The molecule has 0 aromatic heterocycles. The van der Waals surface area contributed by atoms with Crippen molar-refractivity contribution in [2.75, 3.05) is 0 Å². The normalized spacial score (nSPS) is 17.7. The van der Waals surface area contributed by atoms with E-state index in [4.69, 9.17) is 11.6 Å². The zero-order valence-electron chi connectivity index (χ0n) is 7.06. The van der Waals surface area contributed by atoms with Gasteiger partial charge in [0.05, 0.1) is 5.03 Å². The van der Waals surface area contributed by atoms with Gasteiger partial charge in [0.1, 0.15) is 5.76 Å². The van der Waals surface area contributed by atoms with Crippen LogP contribution in [0.15, 0.2) is 45.7 Å². The summed E-state index contributed by atoms with van der Waals surface area (Å²) in [4.78, 5) is 0. The van der Waals surface area contributed by atoms with Crippen LogP contribution >= 0.6 is 27.5 Å². The van der Waals surface area contributed by atoms with Crippen LogP contribution in [0.2, 0.25) is 0 Å². The average Bonchev–Trinajstić information content (AvgIpc) is 2.19. The first-order valence-corrected chi connectivity index (χ1v) is 5.07. The molecule has 1 N–H and O–H groups in total. The third-order valence-electron chi connectivity index (χ3n) is 1.72. The van der Waals surface area contributed by atoms with Gasteiger partial charge >= 0.3 is 0 Å². The number of aliphatic hydroxyl groups excluding tert-OH is 1. The van der Waals surface area contributed by atoms with Gasteiger partial charge in [-0.15, -0.1) is 6.58 Å². The minimum Gasteiger partial charge on any atom is -0.506 e. The van der Waals surface area contributed by atoms with E-state index < -0.39 is 0 Å². The minimum atomic E-state index is 0.149. The second kappa shape index (κ2) is 4.68. The van der Waals surface area contributed by atoms with Crippen molar-refractivity contribution in [1.82, 2.24) is 0 Å². The third kappa shape index (κ3) is 2.75. The maximum Gasteiger partial charge on any atom is 0.137 e. The molecule has 0 aromatic carbocycles. The summed E-state index contributed by atoms with van der Waals surface area (Å²) >= 11 is 9.19. The minimum absolute atomic E-state index is 0.149. The standard InChI is InChI=1S/C10H10BrClO/c1-2-3-7-4-5-8(11)6-9(12)10(7)13/h2,4,6,13H,1,3,5H2. The highest BCUT2D eigenvalue weighted by molar-refractivity contribution is 9.11. The maximum atomic E-state index is 9.63. The van der Waals surface area contributed by atoms with E-state index in [9.17, 15) is 5.11 Å². The predicted molar refractivity (Wildman–Crippen MR) is 60.0 cm³/mol. The number of aliphatic hydroxyl groups is 1. The molecule has 1 rings (SSSR count). The maximum absolute atomic E-state index is 9.63. The van der Waals surface area contributed by atoms with E-state index in [-0.39, 0.29) is 5.76 Å². The Kier molecular flexibility index (Phi) is 3.82. The molecule has 0 aliphatic heterocycles.